The van der Waals surface area contributed by atoms with Crippen molar-refractivity contribution in [1.29, 1.82) is 0 Å². The molecule has 1 N–H and O–H groups in total. The molecule has 0 aliphatic rings. The van der Waals surface area contributed by atoms with Crippen LogP contribution in [0.1, 0.15) is 56.5 Å². The van der Waals surface area contributed by atoms with Crippen molar-refractivity contribution in [3.05, 3.63) is 53.6 Å². The Balaban J connectivity index is 1.57. The summed E-state index contributed by atoms with van der Waals surface area (Å²) in [6, 6.07) is 12.9. The lowest BCUT2D eigenvalue weighted by Gasteiger charge is -2.19. The highest BCUT2D eigenvalue weighted by atomic mass is 32.1. The number of thiazole rings is 1. The van der Waals surface area contributed by atoms with Gasteiger partial charge in [0.15, 0.2) is 11.7 Å². The van der Waals surface area contributed by atoms with E-state index < -0.39 is 0 Å². The maximum atomic E-state index is 12.3. The smallest absolute Gasteiger partial charge is 0.338 e. The minimum Gasteiger partial charge on any atom is -0.484 e. The van der Waals surface area contributed by atoms with Gasteiger partial charge in [-0.3, -0.25) is 10.1 Å². The second-order valence-electron chi connectivity index (χ2n) is 8.30. The lowest BCUT2D eigenvalue weighted by Crippen LogP contribution is -2.20. The Morgan fingerprint density at radius 1 is 1.10 bits per heavy atom. The van der Waals surface area contributed by atoms with Crippen LogP contribution in [0.4, 0.5) is 5.13 Å². The number of carbonyl (C=O) groups excluding carboxylic acids is 2. The molecule has 0 spiro atoms. The molecule has 1 aromatic heterocycles. The number of benzene rings is 2. The second-order valence-corrected chi connectivity index (χ2v) is 9.33. The molecule has 2 aromatic carbocycles. The molecular formula is C24H28N2O4S. The zero-order valence-corrected chi connectivity index (χ0v) is 19.2. The molecule has 0 fully saturated rings. The van der Waals surface area contributed by atoms with Gasteiger partial charge in [0.25, 0.3) is 5.91 Å². The molecule has 6 nitrogen and oxygen atoms in total. The molecule has 0 aliphatic carbocycles. The molecule has 0 atom stereocenters. The molecule has 31 heavy (non-hydrogen) atoms. The van der Waals surface area contributed by atoms with Crippen LogP contribution in [0.25, 0.3) is 10.2 Å². The van der Waals surface area contributed by atoms with E-state index in [2.05, 4.69) is 31.1 Å². The first kappa shape index (κ1) is 22.7. The fourth-order valence-corrected chi connectivity index (χ4v) is 3.77. The number of ether oxygens (including phenoxy) is 2. The second kappa shape index (κ2) is 9.92. The van der Waals surface area contributed by atoms with Crippen molar-refractivity contribution in [2.45, 2.75) is 46.0 Å². The number of esters is 1. The first-order chi connectivity index (χ1) is 14.8. The molecular weight excluding hydrogens is 412 g/mol. The predicted octanol–water partition coefficient (Wildman–Crippen LogP) is 5.57. The van der Waals surface area contributed by atoms with Gasteiger partial charge in [0.05, 0.1) is 22.4 Å². The summed E-state index contributed by atoms with van der Waals surface area (Å²) < 4.78 is 11.6. The van der Waals surface area contributed by atoms with Crippen LogP contribution >= 0.6 is 11.3 Å². The molecule has 164 valence electrons. The lowest BCUT2D eigenvalue weighted by atomic mass is 9.87. The van der Waals surface area contributed by atoms with E-state index in [4.69, 9.17) is 9.47 Å². The summed E-state index contributed by atoms with van der Waals surface area (Å²) in [5, 5.41) is 3.22. The summed E-state index contributed by atoms with van der Waals surface area (Å²) in [6.07, 6.45) is 1.81. The van der Waals surface area contributed by atoms with Gasteiger partial charge in [0.1, 0.15) is 5.75 Å². The van der Waals surface area contributed by atoms with E-state index in [1.807, 2.05) is 31.2 Å². The highest BCUT2D eigenvalue weighted by Crippen LogP contribution is 2.27. The number of carbonyl (C=O) groups is 2. The number of aromatic nitrogens is 1. The molecule has 3 rings (SSSR count). The Hall–Kier alpha value is -2.93. The van der Waals surface area contributed by atoms with E-state index in [9.17, 15) is 9.59 Å². The number of unbranched alkanes of at least 4 members (excludes halogenated alkanes) is 1. The fraction of sp³-hybridized carbons (Fsp3) is 0.375. The van der Waals surface area contributed by atoms with Crippen LogP contribution in [0.5, 0.6) is 5.75 Å². The van der Waals surface area contributed by atoms with Gasteiger partial charge in [-0.25, -0.2) is 9.78 Å². The van der Waals surface area contributed by atoms with Crippen molar-refractivity contribution in [1.82, 2.24) is 4.98 Å². The molecule has 0 radical (unpaired) electrons. The molecule has 0 unspecified atom stereocenters. The molecule has 0 saturated heterocycles. The number of hydrogen-bond donors (Lipinski definition) is 1. The van der Waals surface area contributed by atoms with Crippen molar-refractivity contribution in [2.24, 2.45) is 0 Å². The minimum atomic E-state index is -0.347. The molecule has 1 heterocycles. The zero-order valence-electron chi connectivity index (χ0n) is 18.4. The van der Waals surface area contributed by atoms with Gasteiger partial charge in [-0.1, -0.05) is 57.6 Å². The number of amides is 1. The predicted molar refractivity (Wildman–Crippen MR) is 124 cm³/mol. The van der Waals surface area contributed by atoms with Crippen LogP contribution in [-0.2, 0) is 14.9 Å². The highest BCUT2D eigenvalue weighted by molar-refractivity contribution is 7.22. The Morgan fingerprint density at radius 2 is 1.84 bits per heavy atom. The van der Waals surface area contributed by atoms with E-state index in [0.717, 1.165) is 17.5 Å². The maximum Gasteiger partial charge on any atom is 0.338 e. The van der Waals surface area contributed by atoms with Crippen LogP contribution in [0.3, 0.4) is 0 Å². The van der Waals surface area contributed by atoms with Crippen LogP contribution in [-0.4, -0.2) is 30.1 Å². The summed E-state index contributed by atoms with van der Waals surface area (Å²) in [5.74, 6) is -0.00274. The van der Waals surface area contributed by atoms with Gasteiger partial charge in [0, 0.05) is 0 Å². The quantitative estimate of drug-likeness (QED) is 0.366. The monoisotopic (exact) mass is 440 g/mol. The number of nitrogens with zero attached hydrogens (tertiary/aromatic N) is 1. The highest BCUT2D eigenvalue weighted by Gasteiger charge is 2.14. The lowest BCUT2D eigenvalue weighted by molar-refractivity contribution is -0.118. The topological polar surface area (TPSA) is 77.5 Å². The van der Waals surface area contributed by atoms with E-state index in [1.54, 1.807) is 18.2 Å². The van der Waals surface area contributed by atoms with E-state index in [0.29, 0.717) is 28.6 Å². The summed E-state index contributed by atoms with van der Waals surface area (Å²) in [6.45, 7) is 8.78. The van der Waals surface area contributed by atoms with Crippen molar-refractivity contribution in [3.63, 3.8) is 0 Å². The largest absolute Gasteiger partial charge is 0.484 e. The van der Waals surface area contributed by atoms with Crippen molar-refractivity contribution < 1.29 is 19.1 Å². The van der Waals surface area contributed by atoms with Crippen molar-refractivity contribution in [3.8, 4) is 5.75 Å². The van der Waals surface area contributed by atoms with Gasteiger partial charge in [0.2, 0.25) is 0 Å². The van der Waals surface area contributed by atoms with Crippen LogP contribution < -0.4 is 10.1 Å². The van der Waals surface area contributed by atoms with E-state index in [1.165, 1.54) is 16.9 Å². The number of rotatable bonds is 8. The third-order valence-electron chi connectivity index (χ3n) is 4.69. The number of anilines is 1. The SMILES string of the molecule is CCCCOC(=O)c1ccc2nc(NC(=O)COc3ccc(C(C)(C)C)cc3)sc2c1. The van der Waals surface area contributed by atoms with Gasteiger partial charge in [-0.15, -0.1) is 0 Å². The summed E-state index contributed by atoms with van der Waals surface area (Å²) in [5.41, 5.74) is 2.46. The number of fused-ring (bicyclic) bond motifs is 1. The summed E-state index contributed by atoms with van der Waals surface area (Å²) in [7, 11) is 0. The standard InChI is InChI=1S/C24H28N2O4S/c1-5-6-13-29-22(28)16-7-12-19-20(14-16)31-23(25-19)26-21(27)15-30-18-10-8-17(9-11-18)24(2,3)4/h7-12,14H,5-6,13,15H2,1-4H3,(H,25,26,27). The number of nitrogens with one attached hydrogen (secondary N) is 1. The van der Waals surface area contributed by atoms with Gasteiger partial charge in [-0.2, -0.15) is 0 Å². The van der Waals surface area contributed by atoms with Gasteiger partial charge < -0.3 is 9.47 Å². The van der Waals surface area contributed by atoms with Crippen molar-refractivity contribution >= 4 is 38.6 Å². The summed E-state index contributed by atoms with van der Waals surface area (Å²) in [4.78, 5) is 28.8. The first-order valence-electron chi connectivity index (χ1n) is 10.4. The fourth-order valence-electron chi connectivity index (χ4n) is 2.85. The minimum absolute atomic E-state index is 0.0643. The average Bonchev–Trinajstić information content (AvgIpc) is 3.13. The zero-order chi connectivity index (χ0) is 22.4. The number of hydrogen-bond acceptors (Lipinski definition) is 6. The normalized spacial score (nSPS) is 11.4. The van der Waals surface area contributed by atoms with Crippen LogP contribution in [0.15, 0.2) is 42.5 Å². The average molecular weight is 441 g/mol. The third kappa shape index (κ3) is 6.28. The molecule has 0 aliphatic heterocycles. The Bertz CT molecular complexity index is 1050. The van der Waals surface area contributed by atoms with Gasteiger partial charge >= 0.3 is 5.97 Å². The van der Waals surface area contributed by atoms with Crippen LogP contribution in [0.2, 0.25) is 0 Å². The van der Waals surface area contributed by atoms with Gasteiger partial charge in [-0.05, 0) is 47.7 Å². The maximum absolute atomic E-state index is 12.3. The Morgan fingerprint density at radius 3 is 2.52 bits per heavy atom. The van der Waals surface area contributed by atoms with Crippen LogP contribution in [0, 0.1) is 0 Å². The summed E-state index contributed by atoms with van der Waals surface area (Å²) >= 11 is 1.31. The molecule has 1 amide bonds. The molecule has 0 bridgehead atoms. The van der Waals surface area contributed by atoms with Crippen molar-refractivity contribution in [2.75, 3.05) is 18.5 Å². The Labute approximate surface area is 186 Å². The molecule has 0 saturated carbocycles. The van der Waals surface area contributed by atoms with E-state index in [-0.39, 0.29) is 23.9 Å². The molecule has 7 heteroatoms. The van der Waals surface area contributed by atoms with E-state index >= 15 is 0 Å². The molecule has 3 aromatic rings. The third-order valence-corrected chi connectivity index (χ3v) is 5.63. The first-order valence-corrected chi connectivity index (χ1v) is 11.2. The Kier molecular flexibility index (Phi) is 7.28.